The Morgan fingerprint density at radius 3 is 2.74 bits per heavy atom. The highest BCUT2D eigenvalue weighted by molar-refractivity contribution is 5.54. The first-order chi connectivity index (χ1) is 13.4. The van der Waals surface area contributed by atoms with Gasteiger partial charge in [-0.3, -0.25) is 5.10 Å². The molecule has 1 aliphatic rings. The summed E-state index contributed by atoms with van der Waals surface area (Å²) in [5.74, 6) is 3.32. The number of aromatic amines is 1. The first-order valence-electron chi connectivity index (χ1n) is 8.62. The summed E-state index contributed by atoms with van der Waals surface area (Å²) in [7, 11) is 0. The van der Waals surface area contributed by atoms with Crippen molar-refractivity contribution in [2.24, 2.45) is 0 Å². The van der Waals surface area contributed by atoms with Crippen molar-refractivity contribution in [3.05, 3.63) is 66.2 Å². The summed E-state index contributed by atoms with van der Waals surface area (Å²) in [6.07, 6.45) is 3.04. The van der Waals surface area contributed by atoms with E-state index in [0.717, 1.165) is 30.1 Å². The third-order valence-corrected chi connectivity index (χ3v) is 4.36. The predicted molar refractivity (Wildman–Crippen MR) is 96.7 cm³/mol. The van der Waals surface area contributed by atoms with E-state index in [1.165, 1.54) is 11.9 Å². The number of ether oxygens (including phenoxy) is 2. The van der Waals surface area contributed by atoms with Crippen LogP contribution in [0.2, 0.25) is 0 Å². The van der Waals surface area contributed by atoms with Gasteiger partial charge in [0.25, 0.3) is 0 Å². The molecule has 0 amide bonds. The molecule has 5 rings (SSSR count). The molecule has 1 aliphatic heterocycles. The average molecular weight is 360 g/mol. The first-order valence-corrected chi connectivity index (χ1v) is 8.62. The van der Waals surface area contributed by atoms with Gasteiger partial charge in [-0.25, -0.2) is 14.6 Å². The highest BCUT2D eigenvalue weighted by Gasteiger charge is 2.19. The Bertz CT molecular complexity index is 1060. The molecule has 0 unspecified atom stereocenters. The Morgan fingerprint density at radius 1 is 1.00 bits per heavy atom. The molecule has 0 bridgehead atoms. The molecule has 0 spiro atoms. The van der Waals surface area contributed by atoms with E-state index in [9.17, 15) is 0 Å². The molecular weight excluding hydrogens is 344 g/mol. The van der Waals surface area contributed by atoms with Gasteiger partial charge in [-0.1, -0.05) is 30.3 Å². The molecule has 0 radical (unpaired) electrons. The lowest BCUT2D eigenvalue weighted by molar-refractivity contribution is 0.174. The molecule has 0 fully saturated rings. The van der Waals surface area contributed by atoms with E-state index < -0.39 is 0 Å². The van der Waals surface area contributed by atoms with Crippen molar-refractivity contribution >= 4 is 0 Å². The summed E-state index contributed by atoms with van der Waals surface area (Å²) in [4.78, 5) is 8.91. The van der Waals surface area contributed by atoms with Crippen molar-refractivity contribution in [2.45, 2.75) is 12.8 Å². The second kappa shape index (κ2) is 6.56. The molecule has 0 saturated carbocycles. The summed E-state index contributed by atoms with van der Waals surface area (Å²) in [5, 5.41) is 11.5. The van der Waals surface area contributed by atoms with E-state index in [0.29, 0.717) is 17.4 Å². The topological polar surface area (TPSA) is 90.7 Å². The van der Waals surface area contributed by atoms with Crippen LogP contribution < -0.4 is 9.47 Å². The number of rotatable bonds is 5. The van der Waals surface area contributed by atoms with E-state index >= 15 is 0 Å². The van der Waals surface area contributed by atoms with Gasteiger partial charge in [0.05, 0.1) is 5.69 Å². The van der Waals surface area contributed by atoms with E-state index in [1.807, 2.05) is 36.4 Å². The number of aryl methyl sites for hydroxylation is 2. The largest absolute Gasteiger partial charge is 0.454 e. The lowest BCUT2D eigenvalue weighted by atomic mass is 10.1. The van der Waals surface area contributed by atoms with Crippen molar-refractivity contribution in [3.63, 3.8) is 0 Å². The lowest BCUT2D eigenvalue weighted by Crippen LogP contribution is -2.01. The van der Waals surface area contributed by atoms with E-state index in [1.54, 1.807) is 4.68 Å². The summed E-state index contributed by atoms with van der Waals surface area (Å²) >= 11 is 0. The maximum Gasteiger partial charge on any atom is 0.231 e. The fourth-order valence-corrected chi connectivity index (χ4v) is 3.02. The van der Waals surface area contributed by atoms with Gasteiger partial charge in [-0.05, 0) is 24.1 Å². The van der Waals surface area contributed by atoms with Crippen molar-refractivity contribution < 1.29 is 9.47 Å². The number of nitrogens with zero attached hydrogens (tertiary/aromatic N) is 5. The molecule has 8 nitrogen and oxygen atoms in total. The third-order valence-electron chi connectivity index (χ3n) is 4.36. The van der Waals surface area contributed by atoms with Gasteiger partial charge in [0.2, 0.25) is 12.6 Å². The van der Waals surface area contributed by atoms with Gasteiger partial charge in [-0.2, -0.15) is 10.2 Å². The van der Waals surface area contributed by atoms with Crippen LogP contribution in [0, 0.1) is 0 Å². The highest BCUT2D eigenvalue weighted by atomic mass is 16.7. The van der Waals surface area contributed by atoms with E-state index in [-0.39, 0.29) is 6.79 Å². The monoisotopic (exact) mass is 360 g/mol. The quantitative estimate of drug-likeness (QED) is 0.588. The molecule has 3 heterocycles. The maximum absolute atomic E-state index is 5.48. The zero-order chi connectivity index (χ0) is 18.1. The number of nitrogens with one attached hydrogen (secondary N) is 1. The van der Waals surface area contributed by atoms with Gasteiger partial charge < -0.3 is 9.47 Å². The van der Waals surface area contributed by atoms with Crippen LogP contribution in [0.1, 0.15) is 11.4 Å². The Labute approximate surface area is 154 Å². The van der Waals surface area contributed by atoms with Crippen LogP contribution in [0.15, 0.2) is 54.9 Å². The minimum absolute atomic E-state index is 0.230. The van der Waals surface area contributed by atoms with Crippen molar-refractivity contribution in [3.8, 4) is 28.8 Å². The number of hydrogen-bond acceptors (Lipinski definition) is 6. The Kier molecular flexibility index (Phi) is 3.78. The number of benzene rings is 2. The summed E-state index contributed by atoms with van der Waals surface area (Å²) in [6.45, 7) is 0.230. The van der Waals surface area contributed by atoms with Crippen LogP contribution in [-0.4, -0.2) is 36.7 Å². The molecule has 134 valence electrons. The zero-order valence-electron chi connectivity index (χ0n) is 14.4. The van der Waals surface area contributed by atoms with Gasteiger partial charge in [0.1, 0.15) is 6.33 Å². The van der Waals surface area contributed by atoms with Crippen LogP contribution in [0.25, 0.3) is 17.3 Å². The normalized spacial score (nSPS) is 12.4. The fourth-order valence-electron chi connectivity index (χ4n) is 3.02. The molecule has 2 aromatic carbocycles. The first kappa shape index (κ1) is 15.6. The number of hydrogen-bond donors (Lipinski definition) is 1. The average Bonchev–Trinajstić information content (AvgIpc) is 3.46. The summed E-state index contributed by atoms with van der Waals surface area (Å²) in [6, 6.07) is 16.0. The molecule has 0 aliphatic carbocycles. The van der Waals surface area contributed by atoms with Gasteiger partial charge in [0.15, 0.2) is 23.1 Å². The van der Waals surface area contributed by atoms with Crippen LogP contribution in [0.5, 0.6) is 11.5 Å². The zero-order valence-corrected chi connectivity index (χ0v) is 14.4. The van der Waals surface area contributed by atoms with E-state index in [2.05, 4.69) is 32.3 Å². The molecule has 27 heavy (non-hydrogen) atoms. The number of H-pyrrole nitrogens is 1. The second-order valence-corrected chi connectivity index (χ2v) is 6.12. The Hall–Kier alpha value is -3.68. The number of aromatic nitrogens is 6. The Balaban J connectivity index is 1.50. The summed E-state index contributed by atoms with van der Waals surface area (Å²) < 4.78 is 12.6. The molecular formula is C19H16N6O2. The van der Waals surface area contributed by atoms with Gasteiger partial charge >= 0.3 is 0 Å². The smallest absolute Gasteiger partial charge is 0.231 e. The van der Waals surface area contributed by atoms with Crippen LogP contribution in [-0.2, 0) is 12.8 Å². The molecule has 0 atom stereocenters. The molecule has 1 N–H and O–H groups in total. The fraction of sp³-hybridized carbons (Fsp3) is 0.158. The second-order valence-electron chi connectivity index (χ2n) is 6.12. The predicted octanol–water partition coefficient (Wildman–Crippen LogP) is 2.57. The SMILES string of the molecule is c1ccc(CCc2nc(-c3ncn[nH]3)n(-c3ccc4c(c3)OCO4)n2)cc1. The molecule has 4 aromatic rings. The third kappa shape index (κ3) is 3.01. The van der Waals surface area contributed by atoms with Crippen molar-refractivity contribution in [2.75, 3.05) is 6.79 Å². The number of fused-ring (bicyclic) bond motifs is 1. The Morgan fingerprint density at radius 2 is 1.89 bits per heavy atom. The van der Waals surface area contributed by atoms with Crippen LogP contribution >= 0.6 is 0 Å². The lowest BCUT2D eigenvalue weighted by Gasteiger charge is -2.05. The minimum atomic E-state index is 0.230. The van der Waals surface area contributed by atoms with Crippen LogP contribution in [0.4, 0.5) is 0 Å². The van der Waals surface area contributed by atoms with Gasteiger partial charge in [0, 0.05) is 12.5 Å². The molecule has 2 aromatic heterocycles. The molecule has 0 saturated heterocycles. The van der Waals surface area contributed by atoms with Crippen molar-refractivity contribution in [1.82, 2.24) is 29.9 Å². The van der Waals surface area contributed by atoms with Gasteiger partial charge in [-0.15, -0.1) is 0 Å². The standard InChI is InChI=1S/C19H16N6O2/c1-2-4-13(5-3-1)6-9-17-22-19(18-20-11-21-23-18)25(24-17)14-7-8-15-16(10-14)27-12-26-15/h1-5,7-8,10-11H,6,9,12H2,(H,20,21,23). The van der Waals surface area contributed by atoms with Crippen molar-refractivity contribution in [1.29, 1.82) is 0 Å². The highest BCUT2D eigenvalue weighted by Crippen LogP contribution is 2.34. The molecule has 8 heteroatoms. The van der Waals surface area contributed by atoms with Crippen LogP contribution in [0.3, 0.4) is 0 Å². The minimum Gasteiger partial charge on any atom is -0.454 e. The van der Waals surface area contributed by atoms with E-state index in [4.69, 9.17) is 14.6 Å². The summed E-state index contributed by atoms with van der Waals surface area (Å²) in [5.41, 5.74) is 2.07. The maximum atomic E-state index is 5.48.